The van der Waals surface area contributed by atoms with Crippen LogP contribution >= 0.6 is 0 Å². The predicted octanol–water partition coefficient (Wildman–Crippen LogP) is 2.43. The van der Waals surface area contributed by atoms with Crippen molar-refractivity contribution in [1.29, 1.82) is 0 Å². The minimum atomic E-state index is -0.645. The van der Waals surface area contributed by atoms with E-state index in [1.54, 1.807) is 6.07 Å². The van der Waals surface area contributed by atoms with Crippen molar-refractivity contribution in [3.05, 3.63) is 29.6 Å². The van der Waals surface area contributed by atoms with Crippen molar-refractivity contribution in [1.82, 2.24) is 5.32 Å². The van der Waals surface area contributed by atoms with Crippen LogP contribution in [-0.4, -0.2) is 29.8 Å². The molecule has 1 saturated carbocycles. The minimum Gasteiger partial charge on any atom is -0.388 e. The fourth-order valence-corrected chi connectivity index (χ4v) is 2.97. The van der Waals surface area contributed by atoms with Gasteiger partial charge in [0.1, 0.15) is 5.82 Å². The number of rotatable bonds is 4. The Balaban J connectivity index is 1.79. The molecule has 1 aliphatic heterocycles. The molecule has 110 valence electrons. The molecule has 1 aliphatic carbocycles. The number of halogens is 1. The predicted molar refractivity (Wildman–Crippen MR) is 78.3 cm³/mol. The number of nitrogens with zero attached hydrogens (tertiary/aromatic N) is 1. The van der Waals surface area contributed by atoms with Crippen molar-refractivity contribution >= 4 is 5.69 Å². The first-order chi connectivity index (χ1) is 9.53. The molecule has 3 nitrogen and oxygen atoms in total. The minimum absolute atomic E-state index is 0.190. The van der Waals surface area contributed by atoms with Crippen LogP contribution in [0.3, 0.4) is 0 Å². The lowest BCUT2D eigenvalue weighted by molar-refractivity contribution is 0.0449. The summed E-state index contributed by atoms with van der Waals surface area (Å²) in [4.78, 5) is 2.19. The first-order valence-corrected chi connectivity index (χ1v) is 7.53. The van der Waals surface area contributed by atoms with E-state index >= 15 is 0 Å². The molecule has 0 amide bonds. The highest BCUT2D eigenvalue weighted by Crippen LogP contribution is 2.29. The van der Waals surface area contributed by atoms with E-state index in [1.165, 1.54) is 18.9 Å². The Morgan fingerprint density at radius 3 is 2.95 bits per heavy atom. The lowest BCUT2D eigenvalue weighted by atomic mass is 9.94. The Kier molecular flexibility index (Phi) is 3.69. The highest BCUT2D eigenvalue weighted by molar-refractivity contribution is 5.54. The summed E-state index contributed by atoms with van der Waals surface area (Å²) < 4.78 is 13.5. The van der Waals surface area contributed by atoms with E-state index in [4.69, 9.17) is 0 Å². The normalized spacial score (nSPS) is 26.9. The van der Waals surface area contributed by atoms with Gasteiger partial charge in [-0.25, -0.2) is 4.39 Å². The smallest absolute Gasteiger partial charge is 0.123 e. The number of aliphatic hydroxyl groups is 1. The van der Waals surface area contributed by atoms with Gasteiger partial charge in [0.25, 0.3) is 0 Å². The van der Waals surface area contributed by atoms with Crippen molar-refractivity contribution in [2.24, 2.45) is 0 Å². The SMILES string of the molecule is CC1(O)CCCN(c2ccc(F)cc2CNC2CC2)C1. The largest absolute Gasteiger partial charge is 0.388 e. The van der Waals surface area contributed by atoms with E-state index < -0.39 is 5.60 Å². The maximum absolute atomic E-state index is 13.5. The van der Waals surface area contributed by atoms with Gasteiger partial charge < -0.3 is 15.3 Å². The fraction of sp³-hybridized carbons (Fsp3) is 0.625. The number of β-amino-alcohol motifs (C(OH)–C–C–N with tert-alkyl or cyclic N) is 1. The third-order valence-electron chi connectivity index (χ3n) is 4.22. The summed E-state index contributed by atoms with van der Waals surface area (Å²) in [5.41, 5.74) is 1.41. The number of hydrogen-bond acceptors (Lipinski definition) is 3. The first-order valence-electron chi connectivity index (χ1n) is 7.53. The summed E-state index contributed by atoms with van der Waals surface area (Å²) in [6, 6.07) is 5.59. The van der Waals surface area contributed by atoms with E-state index in [9.17, 15) is 9.50 Å². The van der Waals surface area contributed by atoms with E-state index in [-0.39, 0.29) is 5.82 Å². The quantitative estimate of drug-likeness (QED) is 0.888. The molecule has 1 aromatic rings. The molecule has 1 unspecified atom stereocenters. The molecule has 0 radical (unpaired) electrons. The van der Waals surface area contributed by atoms with Gasteiger partial charge in [-0.2, -0.15) is 0 Å². The van der Waals surface area contributed by atoms with Crippen LogP contribution in [0.5, 0.6) is 0 Å². The average Bonchev–Trinajstić information content (AvgIpc) is 3.19. The maximum Gasteiger partial charge on any atom is 0.123 e. The molecular formula is C16H23FN2O. The topological polar surface area (TPSA) is 35.5 Å². The average molecular weight is 278 g/mol. The Hall–Kier alpha value is -1.13. The molecule has 1 heterocycles. The zero-order valence-corrected chi connectivity index (χ0v) is 12.0. The zero-order valence-electron chi connectivity index (χ0n) is 12.0. The number of hydrogen-bond donors (Lipinski definition) is 2. The molecule has 0 spiro atoms. The van der Waals surface area contributed by atoms with Gasteiger partial charge in [0, 0.05) is 31.4 Å². The third kappa shape index (κ3) is 3.30. The molecule has 2 N–H and O–H groups in total. The Morgan fingerprint density at radius 2 is 2.25 bits per heavy atom. The molecular weight excluding hydrogens is 255 g/mol. The van der Waals surface area contributed by atoms with E-state index in [0.29, 0.717) is 19.1 Å². The van der Waals surface area contributed by atoms with Crippen LogP contribution in [0, 0.1) is 5.82 Å². The summed E-state index contributed by atoms with van der Waals surface area (Å²) in [6.45, 7) is 4.13. The van der Waals surface area contributed by atoms with Crippen LogP contribution in [0.2, 0.25) is 0 Å². The molecule has 0 aromatic heterocycles. The third-order valence-corrected chi connectivity index (χ3v) is 4.22. The van der Waals surface area contributed by atoms with E-state index in [0.717, 1.165) is 30.6 Å². The van der Waals surface area contributed by atoms with Crippen molar-refractivity contribution < 1.29 is 9.50 Å². The molecule has 1 saturated heterocycles. The highest BCUT2D eigenvalue weighted by atomic mass is 19.1. The molecule has 2 aliphatic rings. The van der Waals surface area contributed by atoms with Gasteiger partial charge in [0.05, 0.1) is 5.60 Å². The van der Waals surface area contributed by atoms with Gasteiger partial charge in [-0.3, -0.25) is 0 Å². The van der Waals surface area contributed by atoms with Crippen LogP contribution in [0.25, 0.3) is 0 Å². The molecule has 3 rings (SSSR count). The van der Waals surface area contributed by atoms with Crippen LogP contribution < -0.4 is 10.2 Å². The Morgan fingerprint density at radius 1 is 1.45 bits per heavy atom. The zero-order chi connectivity index (χ0) is 14.2. The van der Waals surface area contributed by atoms with Gasteiger partial charge in [-0.1, -0.05) is 0 Å². The molecule has 20 heavy (non-hydrogen) atoms. The summed E-state index contributed by atoms with van der Waals surface area (Å²) >= 11 is 0. The lowest BCUT2D eigenvalue weighted by Crippen LogP contribution is -2.46. The molecule has 4 heteroatoms. The molecule has 2 fully saturated rings. The molecule has 1 aromatic carbocycles. The second-order valence-corrected chi connectivity index (χ2v) is 6.45. The van der Waals surface area contributed by atoms with Gasteiger partial charge in [-0.05, 0) is 56.4 Å². The van der Waals surface area contributed by atoms with Gasteiger partial charge in [0.2, 0.25) is 0 Å². The van der Waals surface area contributed by atoms with Crippen LogP contribution in [0.1, 0.15) is 38.2 Å². The number of nitrogens with one attached hydrogen (secondary N) is 1. The molecule has 0 bridgehead atoms. The Labute approximate surface area is 119 Å². The summed E-state index contributed by atoms with van der Waals surface area (Å²) in [5, 5.41) is 13.7. The van der Waals surface area contributed by atoms with Crippen molar-refractivity contribution in [3.63, 3.8) is 0 Å². The van der Waals surface area contributed by atoms with Crippen molar-refractivity contribution in [2.45, 2.75) is 50.8 Å². The van der Waals surface area contributed by atoms with E-state index in [2.05, 4.69) is 10.2 Å². The van der Waals surface area contributed by atoms with E-state index in [1.807, 2.05) is 13.0 Å². The van der Waals surface area contributed by atoms with Gasteiger partial charge in [-0.15, -0.1) is 0 Å². The second-order valence-electron chi connectivity index (χ2n) is 6.45. The lowest BCUT2D eigenvalue weighted by Gasteiger charge is -2.39. The van der Waals surface area contributed by atoms with Crippen LogP contribution in [-0.2, 0) is 6.54 Å². The first kappa shape index (κ1) is 13.8. The van der Waals surface area contributed by atoms with Crippen LogP contribution in [0.15, 0.2) is 18.2 Å². The monoisotopic (exact) mass is 278 g/mol. The van der Waals surface area contributed by atoms with Crippen molar-refractivity contribution in [3.8, 4) is 0 Å². The summed E-state index contributed by atoms with van der Waals surface area (Å²) in [7, 11) is 0. The summed E-state index contributed by atoms with van der Waals surface area (Å²) in [6.07, 6.45) is 4.26. The van der Waals surface area contributed by atoms with Gasteiger partial charge >= 0.3 is 0 Å². The number of anilines is 1. The standard InChI is InChI=1S/C16H23FN2O/c1-16(20)7-2-8-19(11-16)15-6-3-13(17)9-12(15)10-18-14-4-5-14/h3,6,9,14,18,20H,2,4-5,7-8,10-11H2,1H3. The van der Waals surface area contributed by atoms with Crippen molar-refractivity contribution in [2.75, 3.05) is 18.0 Å². The molecule has 1 atom stereocenters. The number of piperidine rings is 1. The summed E-state index contributed by atoms with van der Waals surface area (Å²) in [5.74, 6) is -0.190. The number of benzene rings is 1. The maximum atomic E-state index is 13.5. The fourth-order valence-electron chi connectivity index (χ4n) is 2.97. The highest BCUT2D eigenvalue weighted by Gasteiger charge is 2.29. The Bertz CT molecular complexity index is 485. The second kappa shape index (κ2) is 5.34. The van der Waals surface area contributed by atoms with Crippen LogP contribution in [0.4, 0.5) is 10.1 Å². The van der Waals surface area contributed by atoms with Gasteiger partial charge in [0.15, 0.2) is 0 Å².